The van der Waals surface area contributed by atoms with E-state index in [1.165, 1.54) is 48.7 Å². The van der Waals surface area contributed by atoms with E-state index in [4.69, 9.17) is 5.11 Å². The Morgan fingerprint density at radius 2 is 1.70 bits per heavy atom. The molecule has 4 N–H and O–H groups in total. The van der Waals surface area contributed by atoms with Crippen molar-refractivity contribution in [2.75, 3.05) is 0 Å². The van der Waals surface area contributed by atoms with Crippen molar-refractivity contribution in [2.24, 2.45) is 0 Å². The van der Waals surface area contributed by atoms with E-state index >= 15 is 0 Å². The third-order valence-electron chi connectivity index (χ3n) is 4.51. The van der Waals surface area contributed by atoms with Crippen LogP contribution in [0.1, 0.15) is 28.4 Å². The molecule has 1 aliphatic rings. The number of thioether (sulfide) groups is 1. The molecule has 0 bridgehead atoms. The van der Waals surface area contributed by atoms with Crippen molar-refractivity contribution in [3.63, 3.8) is 0 Å². The van der Waals surface area contributed by atoms with Crippen LogP contribution in [-0.4, -0.2) is 30.4 Å². The van der Waals surface area contributed by atoms with Gasteiger partial charge in [0.25, 0.3) is 5.91 Å². The molecular weight excluding hydrogens is 483 g/mol. The second-order valence-electron chi connectivity index (χ2n) is 7.12. The smallest absolute Gasteiger partial charge is 0.416 e. The first-order valence-corrected chi connectivity index (χ1v) is 11.6. The summed E-state index contributed by atoms with van der Waals surface area (Å²) in [5, 5.41) is 15.4. The number of carbonyl (C=O) groups excluding carboxylic acids is 1. The molecule has 2 aromatic rings. The molecule has 1 heterocycles. The van der Waals surface area contributed by atoms with Gasteiger partial charge in [-0.25, -0.2) is 13.2 Å². The van der Waals surface area contributed by atoms with Crippen LogP contribution in [0, 0.1) is 0 Å². The lowest BCUT2D eigenvalue weighted by Gasteiger charge is -2.25. The van der Waals surface area contributed by atoms with Crippen LogP contribution >= 0.6 is 11.8 Å². The quantitative estimate of drug-likeness (QED) is 0.460. The number of hydrogen-bond acceptors (Lipinski definition) is 6. The topological polar surface area (TPSA) is 125 Å². The van der Waals surface area contributed by atoms with Gasteiger partial charge in [-0.05, 0) is 48.9 Å². The Labute approximate surface area is 191 Å². The fourth-order valence-electron chi connectivity index (χ4n) is 2.84. The van der Waals surface area contributed by atoms with Crippen LogP contribution in [0.15, 0.2) is 64.5 Å². The number of benzene rings is 2. The Hall–Kier alpha value is -3.03. The molecule has 1 atom stereocenters. The largest absolute Gasteiger partial charge is 0.477 e. The van der Waals surface area contributed by atoms with Crippen LogP contribution < -0.4 is 15.4 Å². The summed E-state index contributed by atoms with van der Waals surface area (Å²) >= 11 is 0.947. The standard InChI is InChI=1S/C20H18F3N3O5S2/c1-19(25-16(11-32-19)18(28)29)26-33(30,31)15-8-4-13(5-9-15)17(27)24-10-12-2-6-14(7-3-12)20(21,22)23/h2-9,11,25-26H,10H2,1H3,(H,24,27)(H,28,29). The van der Waals surface area contributed by atoms with Crippen LogP contribution in [0.4, 0.5) is 13.2 Å². The molecule has 1 unspecified atom stereocenters. The zero-order chi connectivity index (χ0) is 24.4. The first kappa shape index (κ1) is 24.6. The van der Waals surface area contributed by atoms with Gasteiger partial charge in [0.1, 0.15) is 5.70 Å². The van der Waals surface area contributed by atoms with Crippen molar-refractivity contribution < 1.29 is 36.3 Å². The van der Waals surface area contributed by atoms with E-state index in [0.717, 1.165) is 23.9 Å². The lowest BCUT2D eigenvalue weighted by atomic mass is 10.1. The van der Waals surface area contributed by atoms with Crippen molar-refractivity contribution in [1.29, 1.82) is 0 Å². The minimum atomic E-state index is -4.45. The maximum Gasteiger partial charge on any atom is 0.416 e. The molecule has 0 aromatic heterocycles. The van der Waals surface area contributed by atoms with Crippen LogP contribution in [0.5, 0.6) is 0 Å². The van der Waals surface area contributed by atoms with Gasteiger partial charge in [0.15, 0.2) is 4.99 Å². The summed E-state index contributed by atoms with van der Waals surface area (Å²) in [6.45, 7) is 1.45. The molecule has 3 rings (SSSR count). The predicted octanol–water partition coefficient (Wildman–Crippen LogP) is 2.85. The van der Waals surface area contributed by atoms with Crippen LogP contribution in [0.2, 0.25) is 0 Å². The normalized spacial score (nSPS) is 18.4. The van der Waals surface area contributed by atoms with Crippen molar-refractivity contribution in [3.8, 4) is 0 Å². The molecule has 2 aromatic carbocycles. The molecule has 0 saturated heterocycles. The van der Waals surface area contributed by atoms with E-state index in [-0.39, 0.29) is 22.7 Å². The van der Waals surface area contributed by atoms with E-state index in [1.807, 2.05) is 0 Å². The van der Waals surface area contributed by atoms with Crippen LogP contribution in [0.25, 0.3) is 0 Å². The molecule has 176 valence electrons. The third kappa shape index (κ3) is 6.06. The lowest BCUT2D eigenvalue weighted by molar-refractivity contribution is -0.137. The van der Waals surface area contributed by atoms with Gasteiger partial charge in [0, 0.05) is 17.5 Å². The number of rotatable bonds is 7. The molecule has 8 nitrogen and oxygen atoms in total. The highest BCUT2D eigenvalue weighted by Gasteiger charge is 2.36. The summed E-state index contributed by atoms with van der Waals surface area (Å²) in [7, 11) is -4.05. The van der Waals surface area contributed by atoms with Gasteiger partial charge in [-0.2, -0.15) is 17.9 Å². The summed E-state index contributed by atoms with van der Waals surface area (Å²) in [4.78, 5) is 21.9. The molecule has 33 heavy (non-hydrogen) atoms. The van der Waals surface area contributed by atoms with Gasteiger partial charge in [-0.3, -0.25) is 4.79 Å². The number of halogens is 3. The van der Waals surface area contributed by atoms with Gasteiger partial charge >= 0.3 is 12.1 Å². The summed E-state index contributed by atoms with van der Waals surface area (Å²) < 4.78 is 65.5. The maximum atomic E-state index is 12.6. The van der Waals surface area contributed by atoms with E-state index < -0.39 is 38.6 Å². The number of carboxylic acid groups (broad SMARTS) is 1. The summed E-state index contributed by atoms with van der Waals surface area (Å²) in [6.07, 6.45) is -4.45. The Bertz CT molecular complexity index is 1200. The first-order valence-electron chi connectivity index (χ1n) is 9.27. The highest BCUT2D eigenvalue weighted by Crippen LogP contribution is 2.31. The first-order chi connectivity index (χ1) is 15.3. The number of sulfonamides is 1. The third-order valence-corrected chi connectivity index (χ3v) is 7.23. The molecular formula is C20H18F3N3O5S2. The Kier molecular flexibility index (Phi) is 6.77. The minimum absolute atomic E-state index is 0.0151. The van der Waals surface area contributed by atoms with Crippen molar-refractivity contribution in [3.05, 3.63) is 76.3 Å². The molecule has 1 aliphatic heterocycles. The second-order valence-corrected chi connectivity index (χ2v) is 10.1. The van der Waals surface area contributed by atoms with Crippen molar-refractivity contribution in [1.82, 2.24) is 15.4 Å². The molecule has 0 aliphatic carbocycles. The molecule has 13 heteroatoms. The summed E-state index contributed by atoms with van der Waals surface area (Å²) in [6, 6.07) is 9.34. The number of carbonyl (C=O) groups is 2. The number of alkyl halides is 3. The van der Waals surface area contributed by atoms with E-state index in [0.29, 0.717) is 5.56 Å². The molecule has 1 amide bonds. The van der Waals surface area contributed by atoms with Crippen molar-refractivity contribution in [2.45, 2.75) is 29.5 Å². The summed E-state index contributed by atoms with van der Waals surface area (Å²) in [5.74, 6) is -1.76. The lowest BCUT2D eigenvalue weighted by Crippen LogP contribution is -2.51. The molecule has 0 saturated carbocycles. The maximum absolute atomic E-state index is 12.6. The number of carboxylic acids is 1. The number of hydrogen-bond donors (Lipinski definition) is 4. The van der Waals surface area contributed by atoms with Gasteiger partial charge in [0.2, 0.25) is 10.0 Å². The van der Waals surface area contributed by atoms with E-state index in [9.17, 15) is 31.2 Å². The fourth-order valence-corrected chi connectivity index (χ4v) is 5.22. The highest BCUT2D eigenvalue weighted by atomic mass is 32.2. The number of nitrogens with one attached hydrogen (secondary N) is 3. The van der Waals surface area contributed by atoms with Gasteiger partial charge in [-0.1, -0.05) is 23.9 Å². The Balaban J connectivity index is 1.61. The van der Waals surface area contributed by atoms with Crippen molar-refractivity contribution >= 4 is 33.7 Å². The van der Waals surface area contributed by atoms with Gasteiger partial charge < -0.3 is 15.7 Å². The molecule has 0 fully saturated rings. The van der Waals surface area contributed by atoms with Gasteiger partial charge in [-0.15, -0.1) is 0 Å². The SMILES string of the molecule is CC1(NS(=O)(=O)c2ccc(C(=O)NCc3ccc(C(F)(F)F)cc3)cc2)NC(C(=O)O)=CS1. The average molecular weight is 502 g/mol. The summed E-state index contributed by atoms with van der Waals surface area (Å²) in [5.41, 5.74) is -0.331. The number of aliphatic carboxylic acids is 1. The van der Waals surface area contributed by atoms with Crippen LogP contribution in [0.3, 0.4) is 0 Å². The van der Waals surface area contributed by atoms with Crippen LogP contribution in [-0.2, 0) is 27.5 Å². The predicted molar refractivity (Wildman–Crippen MR) is 114 cm³/mol. The Morgan fingerprint density at radius 1 is 1.09 bits per heavy atom. The number of amides is 1. The molecule has 0 spiro atoms. The Morgan fingerprint density at radius 3 is 2.21 bits per heavy atom. The second kappa shape index (κ2) is 9.08. The molecule has 0 radical (unpaired) electrons. The zero-order valence-corrected chi connectivity index (χ0v) is 18.6. The average Bonchev–Trinajstić information content (AvgIpc) is 3.13. The fraction of sp³-hybridized carbons (Fsp3) is 0.200. The minimum Gasteiger partial charge on any atom is -0.477 e. The highest BCUT2D eigenvalue weighted by molar-refractivity contribution is 8.04. The zero-order valence-electron chi connectivity index (χ0n) is 16.9. The van der Waals surface area contributed by atoms with E-state index in [2.05, 4.69) is 15.4 Å². The van der Waals surface area contributed by atoms with Gasteiger partial charge in [0.05, 0.1) is 10.5 Å². The van der Waals surface area contributed by atoms with E-state index in [1.54, 1.807) is 0 Å². The monoisotopic (exact) mass is 501 g/mol.